The molecule has 1 radical (unpaired) electrons. The van der Waals surface area contributed by atoms with E-state index >= 15 is 0 Å². The van der Waals surface area contributed by atoms with Crippen molar-refractivity contribution in [1.82, 2.24) is 0 Å². The topological polar surface area (TPSA) is 9.23 Å². The van der Waals surface area contributed by atoms with Gasteiger partial charge in [0.05, 0.1) is 6.61 Å². The van der Waals surface area contributed by atoms with Gasteiger partial charge in [-0.05, 0) is 24.6 Å². The van der Waals surface area contributed by atoms with E-state index < -0.39 is 0 Å². The van der Waals surface area contributed by atoms with Crippen LogP contribution in [0.25, 0.3) is 0 Å². The Hall–Kier alpha value is -0.980. The maximum atomic E-state index is 5.59. The van der Waals surface area contributed by atoms with Crippen LogP contribution in [0.4, 0.5) is 0 Å². The van der Waals surface area contributed by atoms with Gasteiger partial charge in [0.25, 0.3) is 0 Å². The summed E-state index contributed by atoms with van der Waals surface area (Å²) in [6.07, 6.45) is 7.87. The third-order valence-electron chi connectivity index (χ3n) is 2.45. The summed E-state index contributed by atoms with van der Waals surface area (Å²) in [5.41, 5.74) is 0. The number of hydrogen-bond acceptors (Lipinski definition) is 1. The predicted octanol–water partition coefficient (Wildman–Crippen LogP) is 4.23. The molecule has 83 valence electrons. The van der Waals surface area contributed by atoms with Crippen molar-refractivity contribution in [3.8, 4) is 5.75 Å². The quantitative estimate of drug-likeness (QED) is 0.577. The van der Waals surface area contributed by atoms with Crippen molar-refractivity contribution < 1.29 is 4.74 Å². The fraction of sp³-hybridized carbons (Fsp3) is 0.571. The first-order valence-corrected chi connectivity index (χ1v) is 6.02. The van der Waals surface area contributed by atoms with Crippen molar-refractivity contribution >= 4 is 0 Å². The monoisotopic (exact) mass is 205 g/mol. The molecule has 15 heavy (non-hydrogen) atoms. The van der Waals surface area contributed by atoms with E-state index in [0.717, 1.165) is 12.4 Å². The molecule has 0 saturated heterocycles. The van der Waals surface area contributed by atoms with E-state index in [1.165, 1.54) is 38.5 Å². The van der Waals surface area contributed by atoms with Gasteiger partial charge in [0.15, 0.2) is 0 Å². The Labute approximate surface area is 93.5 Å². The highest BCUT2D eigenvalue weighted by atomic mass is 16.5. The molecule has 0 bridgehead atoms. The molecule has 1 nitrogen and oxygen atoms in total. The Kier molecular flexibility index (Phi) is 6.72. The summed E-state index contributed by atoms with van der Waals surface area (Å²) in [6.45, 7) is 3.09. The molecule has 0 atom stereocenters. The molecule has 0 heterocycles. The third kappa shape index (κ3) is 6.16. The molecule has 1 heteroatoms. The van der Waals surface area contributed by atoms with Crippen molar-refractivity contribution in [2.75, 3.05) is 6.61 Å². The summed E-state index contributed by atoms with van der Waals surface area (Å²) in [5.74, 6) is 0.960. The Morgan fingerprint density at radius 1 is 1.00 bits per heavy atom. The average Bonchev–Trinajstić information content (AvgIpc) is 2.29. The number of ether oxygens (including phenoxy) is 1. The maximum absolute atomic E-state index is 5.59. The minimum atomic E-state index is 0.843. The summed E-state index contributed by atoms with van der Waals surface area (Å²) in [6, 6.07) is 10.7. The van der Waals surface area contributed by atoms with Crippen molar-refractivity contribution in [3.05, 3.63) is 30.3 Å². The molecular weight excluding hydrogens is 184 g/mol. The van der Waals surface area contributed by atoms with Crippen LogP contribution in [0.15, 0.2) is 24.3 Å². The molecule has 0 spiro atoms. The van der Waals surface area contributed by atoms with Crippen LogP contribution in [0.5, 0.6) is 5.75 Å². The molecule has 0 aliphatic rings. The molecule has 0 N–H and O–H groups in total. The SMILES string of the molecule is CCCCCCCCOc1cc[c]cc1. The molecule has 1 aromatic rings. The fourth-order valence-corrected chi connectivity index (χ4v) is 1.54. The van der Waals surface area contributed by atoms with Gasteiger partial charge in [0.1, 0.15) is 5.75 Å². The van der Waals surface area contributed by atoms with E-state index in [-0.39, 0.29) is 0 Å². The molecule has 0 aliphatic heterocycles. The lowest BCUT2D eigenvalue weighted by atomic mass is 10.1. The van der Waals surface area contributed by atoms with Gasteiger partial charge < -0.3 is 4.74 Å². The number of benzene rings is 1. The second-order valence-corrected chi connectivity index (χ2v) is 3.85. The van der Waals surface area contributed by atoms with Crippen LogP contribution >= 0.6 is 0 Å². The fourth-order valence-electron chi connectivity index (χ4n) is 1.54. The second-order valence-electron chi connectivity index (χ2n) is 3.85. The molecule has 0 aliphatic carbocycles. The van der Waals surface area contributed by atoms with Crippen molar-refractivity contribution in [2.45, 2.75) is 45.4 Å². The van der Waals surface area contributed by atoms with Gasteiger partial charge in [-0.3, -0.25) is 0 Å². The first kappa shape index (κ1) is 12.1. The van der Waals surface area contributed by atoms with Gasteiger partial charge in [-0.1, -0.05) is 51.2 Å². The minimum Gasteiger partial charge on any atom is -0.494 e. The summed E-state index contributed by atoms with van der Waals surface area (Å²) >= 11 is 0. The second kappa shape index (κ2) is 8.34. The van der Waals surface area contributed by atoms with E-state index in [9.17, 15) is 0 Å². The molecule has 0 unspecified atom stereocenters. The molecule has 0 amide bonds. The number of unbranched alkanes of at least 4 members (excludes halogenated alkanes) is 5. The zero-order valence-corrected chi connectivity index (χ0v) is 9.67. The lowest BCUT2D eigenvalue weighted by Gasteiger charge is -2.05. The van der Waals surface area contributed by atoms with E-state index in [1.807, 2.05) is 24.3 Å². The molecular formula is C14H21O. The minimum absolute atomic E-state index is 0.843. The Balaban J connectivity index is 1.93. The Morgan fingerprint density at radius 2 is 1.67 bits per heavy atom. The highest BCUT2D eigenvalue weighted by Crippen LogP contribution is 2.10. The van der Waals surface area contributed by atoms with Gasteiger partial charge in [0, 0.05) is 0 Å². The third-order valence-corrected chi connectivity index (χ3v) is 2.45. The average molecular weight is 205 g/mol. The van der Waals surface area contributed by atoms with Gasteiger partial charge >= 0.3 is 0 Å². The van der Waals surface area contributed by atoms with Gasteiger partial charge in [0.2, 0.25) is 0 Å². The van der Waals surface area contributed by atoms with Crippen LogP contribution in [-0.2, 0) is 0 Å². The highest BCUT2D eigenvalue weighted by molar-refractivity contribution is 5.20. The molecule has 0 saturated carbocycles. The zero-order valence-electron chi connectivity index (χ0n) is 9.67. The Bertz CT molecular complexity index is 230. The van der Waals surface area contributed by atoms with Crippen LogP contribution < -0.4 is 4.74 Å². The number of rotatable bonds is 8. The van der Waals surface area contributed by atoms with Gasteiger partial charge in [-0.15, -0.1) is 0 Å². The molecule has 1 aromatic carbocycles. The highest BCUT2D eigenvalue weighted by Gasteiger charge is 1.92. The van der Waals surface area contributed by atoms with Crippen molar-refractivity contribution in [2.24, 2.45) is 0 Å². The zero-order chi connectivity index (χ0) is 10.8. The normalized spacial score (nSPS) is 10.2. The summed E-state index contributed by atoms with van der Waals surface area (Å²) in [4.78, 5) is 0. The summed E-state index contributed by atoms with van der Waals surface area (Å²) in [5, 5.41) is 0. The first-order chi connectivity index (χ1) is 7.43. The first-order valence-electron chi connectivity index (χ1n) is 6.02. The van der Waals surface area contributed by atoms with E-state index in [1.54, 1.807) is 0 Å². The van der Waals surface area contributed by atoms with Crippen LogP contribution in [0.1, 0.15) is 45.4 Å². The van der Waals surface area contributed by atoms with E-state index in [0.29, 0.717) is 0 Å². The molecule has 0 aromatic heterocycles. The van der Waals surface area contributed by atoms with Crippen molar-refractivity contribution in [3.63, 3.8) is 0 Å². The predicted molar refractivity (Wildman–Crippen MR) is 64.1 cm³/mol. The van der Waals surface area contributed by atoms with Gasteiger partial charge in [-0.25, -0.2) is 0 Å². The standard InChI is InChI=1S/C14H21O/c1-2-3-4-5-6-10-13-15-14-11-8-7-9-12-14/h8-9,11-12H,2-6,10,13H2,1H3. The summed E-state index contributed by atoms with van der Waals surface area (Å²) in [7, 11) is 0. The van der Waals surface area contributed by atoms with Crippen LogP contribution in [0, 0.1) is 6.07 Å². The van der Waals surface area contributed by atoms with Crippen LogP contribution in [-0.4, -0.2) is 6.61 Å². The Morgan fingerprint density at radius 3 is 2.40 bits per heavy atom. The van der Waals surface area contributed by atoms with E-state index in [4.69, 9.17) is 4.74 Å². The van der Waals surface area contributed by atoms with Crippen molar-refractivity contribution in [1.29, 1.82) is 0 Å². The van der Waals surface area contributed by atoms with Gasteiger partial charge in [-0.2, -0.15) is 0 Å². The molecule has 0 fully saturated rings. The van der Waals surface area contributed by atoms with Crippen LogP contribution in [0.3, 0.4) is 0 Å². The lowest BCUT2D eigenvalue weighted by molar-refractivity contribution is 0.304. The smallest absolute Gasteiger partial charge is 0.119 e. The lowest BCUT2D eigenvalue weighted by Crippen LogP contribution is -1.96. The van der Waals surface area contributed by atoms with Crippen LogP contribution in [0.2, 0.25) is 0 Å². The molecule has 1 rings (SSSR count). The number of hydrogen-bond donors (Lipinski definition) is 0. The maximum Gasteiger partial charge on any atom is 0.119 e. The summed E-state index contributed by atoms with van der Waals surface area (Å²) < 4.78 is 5.59. The van der Waals surface area contributed by atoms with E-state index in [2.05, 4.69) is 13.0 Å². The largest absolute Gasteiger partial charge is 0.494 e.